The number of hydrogen-bond acceptors (Lipinski definition) is 6. The molecule has 0 radical (unpaired) electrons. The summed E-state index contributed by atoms with van der Waals surface area (Å²) in [5, 5.41) is 8.70. The lowest BCUT2D eigenvalue weighted by atomic mass is 10.1. The number of rotatable bonds is 6. The molecule has 3 heterocycles. The summed E-state index contributed by atoms with van der Waals surface area (Å²) >= 11 is 5.03. The first kappa shape index (κ1) is 19.4. The summed E-state index contributed by atoms with van der Waals surface area (Å²) in [6.07, 6.45) is 2.41. The van der Waals surface area contributed by atoms with Crippen LogP contribution in [0.1, 0.15) is 5.01 Å². The molecule has 1 unspecified atom stereocenters. The number of hydrogen-bond donors (Lipinski definition) is 2. The zero-order valence-corrected chi connectivity index (χ0v) is 16.7. The molecule has 150 valence electrons. The van der Waals surface area contributed by atoms with Gasteiger partial charge in [0, 0.05) is 23.3 Å². The number of thiol groups is 1. The van der Waals surface area contributed by atoms with E-state index >= 15 is 0 Å². The molecule has 1 aromatic carbocycles. The van der Waals surface area contributed by atoms with Crippen molar-refractivity contribution in [3.05, 3.63) is 52.9 Å². The average Bonchev–Trinajstić information content (AvgIpc) is 3.42. The molecule has 1 N–H and O–H groups in total. The first-order valence-corrected chi connectivity index (χ1v) is 9.99. The van der Waals surface area contributed by atoms with Crippen LogP contribution in [-0.4, -0.2) is 45.3 Å². The molecular weight excluding hydrogens is 417 g/mol. The van der Waals surface area contributed by atoms with Crippen LogP contribution in [0.3, 0.4) is 0 Å². The monoisotopic (exact) mass is 433 g/mol. The third-order valence-electron chi connectivity index (χ3n) is 4.30. The third kappa shape index (κ3) is 4.40. The van der Waals surface area contributed by atoms with Gasteiger partial charge in [-0.15, -0.1) is 11.3 Å². The molecule has 0 bridgehead atoms. The van der Waals surface area contributed by atoms with E-state index in [1.165, 1.54) is 22.3 Å². The van der Waals surface area contributed by atoms with E-state index in [1.54, 1.807) is 28.4 Å². The highest BCUT2D eigenvalue weighted by Crippen LogP contribution is 2.30. The van der Waals surface area contributed by atoms with Gasteiger partial charge in [-0.2, -0.15) is 5.10 Å². The fraction of sp³-hybridized carbons (Fsp3) is 0.222. The lowest BCUT2D eigenvalue weighted by molar-refractivity contribution is 0.141. The predicted molar refractivity (Wildman–Crippen MR) is 109 cm³/mol. The highest BCUT2D eigenvalue weighted by Gasteiger charge is 2.32. The minimum atomic E-state index is -0.592. The summed E-state index contributed by atoms with van der Waals surface area (Å²) in [6, 6.07) is 6.34. The van der Waals surface area contributed by atoms with E-state index in [4.69, 9.17) is 4.74 Å². The minimum Gasteiger partial charge on any atom is -0.442 e. The molecule has 1 aliphatic heterocycles. The lowest BCUT2D eigenvalue weighted by Crippen LogP contribution is -2.32. The number of amides is 2. The van der Waals surface area contributed by atoms with Gasteiger partial charge < -0.3 is 10.1 Å². The normalized spacial score (nSPS) is 16.1. The SMILES string of the molecule is O=C(S)NCC1CN(c2ccc(-c3csc(Cn4cccn4)n3)c(F)c2)C(=O)O1. The fourth-order valence-electron chi connectivity index (χ4n) is 2.96. The Bertz CT molecular complexity index is 1040. The van der Waals surface area contributed by atoms with Crippen molar-refractivity contribution in [1.82, 2.24) is 20.1 Å². The van der Waals surface area contributed by atoms with Crippen molar-refractivity contribution in [3.63, 3.8) is 0 Å². The van der Waals surface area contributed by atoms with E-state index in [0.717, 1.165) is 5.01 Å². The Labute approximate surface area is 174 Å². The molecule has 8 nitrogen and oxygen atoms in total. The molecule has 0 aliphatic carbocycles. The first-order chi connectivity index (χ1) is 14.0. The number of nitrogens with one attached hydrogen (secondary N) is 1. The van der Waals surface area contributed by atoms with Gasteiger partial charge >= 0.3 is 6.09 Å². The second-order valence-corrected chi connectivity index (χ2v) is 7.65. The number of aromatic nitrogens is 3. The summed E-state index contributed by atoms with van der Waals surface area (Å²) in [7, 11) is 0. The van der Waals surface area contributed by atoms with Crippen molar-refractivity contribution >= 4 is 41.0 Å². The van der Waals surface area contributed by atoms with E-state index < -0.39 is 23.3 Å². The summed E-state index contributed by atoms with van der Waals surface area (Å²) < 4.78 is 21.7. The Morgan fingerprint density at radius 2 is 2.31 bits per heavy atom. The van der Waals surface area contributed by atoms with Crippen LogP contribution in [0.2, 0.25) is 0 Å². The summed E-state index contributed by atoms with van der Waals surface area (Å²) in [5.41, 5.74) is 1.26. The number of carbonyl (C=O) groups is 2. The number of ether oxygens (including phenoxy) is 1. The Kier molecular flexibility index (Phi) is 5.49. The van der Waals surface area contributed by atoms with E-state index in [2.05, 4.69) is 28.0 Å². The maximum Gasteiger partial charge on any atom is 0.414 e. The van der Waals surface area contributed by atoms with Gasteiger partial charge in [-0.25, -0.2) is 14.2 Å². The van der Waals surface area contributed by atoms with Gasteiger partial charge in [-0.05, 0) is 24.3 Å². The average molecular weight is 433 g/mol. The van der Waals surface area contributed by atoms with Crippen molar-refractivity contribution in [2.75, 3.05) is 18.0 Å². The molecule has 2 amide bonds. The van der Waals surface area contributed by atoms with Crippen molar-refractivity contribution in [1.29, 1.82) is 0 Å². The third-order valence-corrected chi connectivity index (χ3v) is 5.30. The van der Waals surface area contributed by atoms with Gasteiger partial charge in [0.2, 0.25) is 0 Å². The molecule has 0 saturated carbocycles. The van der Waals surface area contributed by atoms with Crippen molar-refractivity contribution in [2.24, 2.45) is 0 Å². The summed E-state index contributed by atoms with van der Waals surface area (Å²) in [5.74, 6) is -0.488. The molecule has 1 fully saturated rings. The van der Waals surface area contributed by atoms with Crippen LogP contribution in [0.25, 0.3) is 11.3 Å². The zero-order valence-electron chi connectivity index (χ0n) is 15.0. The molecule has 3 aromatic rings. The molecular formula is C18H16FN5O3S2. The van der Waals surface area contributed by atoms with Crippen molar-refractivity contribution in [2.45, 2.75) is 12.6 Å². The lowest BCUT2D eigenvalue weighted by Gasteiger charge is -2.14. The Hall–Kier alpha value is -2.92. The Balaban J connectivity index is 1.48. The molecule has 29 heavy (non-hydrogen) atoms. The van der Waals surface area contributed by atoms with Crippen molar-refractivity contribution < 1.29 is 18.7 Å². The van der Waals surface area contributed by atoms with Crippen LogP contribution < -0.4 is 10.2 Å². The van der Waals surface area contributed by atoms with Gasteiger partial charge in [0.25, 0.3) is 5.24 Å². The molecule has 0 spiro atoms. The molecule has 1 atom stereocenters. The van der Waals surface area contributed by atoms with Gasteiger partial charge in [0.05, 0.1) is 31.0 Å². The maximum absolute atomic E-state index is 14.8. The highest BCUT2D eigenvalue weighted by atomic mass is 32.1. The van der Waals surface area contributed by atoms with Crippen LogP contribution in [0.15, 0.2) is 42.0 Å². The van der Waals surface area contributed by atoms with E-state index in [0.29, 0.717) is 23.5 Å². The number of nitrogens with zero attached hydrogens (tertiary/aromatic N) is 4. The van der Waals surface area contributed by atoms with Gasteiger partial charge in [-0.3, -0.25) is 14.4 Å². The predicted octanol–water partition coefficient (Wildman–Crippen LogP) is 3.16. The van der Waals surface area contributed by atoms with Crippen LogP contribution in [0.5, 0.6) is 0 Å². The number of halogens is 1. The number of benzene rings is 1. The Morgan fingerprint density at radius 1 is 1.45 bits per heavy atom. The maximum atomic E-state index is 14.8. The van der Waals surface area contributed by atoms with Crippen LogP contribution >= 0.6 is 24.0 Å². The molecule has 1 aliphatic rings. The topological polar surface area (TPSA) is 89.4 Å². The quantitative estimate of drug-likeness (QED) is 0.583. The molecule has 2 aromatic heterocycles. The number of anilines is 1. The van der Waals surface area contributed by atoms with Crippen molar-refractivity contribution in [3.8, 4) is 11.3 Å². The smallest absolute Gasteiger partial charge is 0.414 e. The van der Waals surface area contributed by atoms with Crippen LogP contribution in [-0.2, 0) is 11.3 Å². The summed E-state index contributed by atoms with van der Waals surface area (Å²) in [6.45, 7) is 0.862. The van der Waals surface area contributed by atoms with Gasteiger partial charge in [0.1, 0.15) is 16.9 Å². The minimum absolute atomic E-state index is 0.142. The van der Waals surface area contributed by atoms with E-state index in [1.807, 2.05) is 12.3 Å². The highest BCUT2D eigenvalue weighted by molar-refractivity contribution is 7.96. The first-order valence-electron chi connectivity index (χ1n) is 8.66. The molecule has 4 rings (SSSR count). The zero-order chi connectivity index (χ0) is 20.4. The molecule has 1 saturated heterocycles. The second-order valence-electron chi connectivity index (χ2n) is 6.30. The van der Waals surface area contributed by atoms with Gasteiger partial charge in [-0.1, -0.05) is 12.6 Å². The fourth-order valence-corrected chi connectivity index (χ4v) is 3.84. The molecule has 11 heteroatoms. The number of cyclic esters (lactones) is 1. The van der Waals surface area contributed by atoms with Gasteiger partial charge in [0.15, 0.2) is 0 Å². The number of thiazole rings is 1. The largest absolute Gasteiger partial charge is 0.442 e. The van der Waals surface area contributed by atoms with Crippen LogP contribution in [0.4, 0.5) is 19.7 Å². The van der Waals surface area contributed by atoms with E-state index in [-0.39, 0.29) is 13.1 Å². The summed E-state index contributed by atoms with van der Waals surface area (Å²) in [4.78, 5) is 28.8. The number of carbonyl (C=O) groups excluding carboxylic acids is 2. The van der Waals surface area contributed by atoms with E-state index in [9.17, 15) is 14.0 Å². The Morgan fingerprint density at radius 3 is 3.03 bits per heavy atom. The van der Waals surface area contributed by atoms with Crippen LogP contribution in [0, 0.1) is 5.82 Å². The standard InChI is InChI=1S/C18H16FN5O3S2/c19-14-6-11(24-8-12(27-18(24)26)7-20-17(25)28)2-3-13(14)15-10-29-16(22-15)9-23-5-1-4-21-23/h1-6,10,12H,7-9H2,(H2,20,25,28). The second kappa shape index (κ2) is 8.21.